The molecule has 2 atom stereocenters. The molecule has 0 saturated heterocycles. The monoisotopic (exact) mass is 263 g/mol. The molecule has 1 aromatic carbocycles. The van der Waals surface area contributed by atoms with Crippen LogP contribution in [0.3, 0.4) is 0 Å². The first-order valence-electron chi connectivity index (χ1n) is 5.01. The average molecular weight is 264 g/mol. The van der Waals surface area contributed by atoms with Crippen molar-refractivity contribution < 1.29 is 5.11 Å². The molecule has 0 aliphatic heterocycles. The first-order chi connectivity index (χ1) is 6.82. The topological polar surface area (TPSA) is 46.2 Å². The normalized spacial score (nSPS) is 15.1. The van der Waals surface area contributed by atoms with Crippen molar-refractivity contribution in [3.8, 4) is 0 Å². The van der Waals surface area contributed by atoms with Gasteiger partial charge in [-0.3, -0.25) is 0 Å². The van der Waals surface area contributed by atoms with E-state index in [1.807, 2.05) is 32.9 Å². The molecule has 1 rings (SSSR count). The quantitative estimate of drug-likeness (QED) is 0.861. The van der Waals surface area contributed by atoms with E-state index in [4.69, 9.17) is 17.3 Å². The summed E-state index contributed by atoms with van der Waals surface area (Å²) in [5, 5.41) is 10.7. The Morgan fingerprint density at radius 2 is 1.62 bits per heavy atom. The third-order valence-electron chi connectivity index (χ3n) is 2.48. The Labute approximate surface area is 108 Å². The SMILES string of the molecule is CC(C)(C)[C@H](O)[C@H](N)c1ccc(Cl)cc1.Cl. The number of hydrogen-bond donors (Lipinski definition) is 2. The number of nitrogens with two attached hydrogens (primary N) is 1. The van der Waals surface area contributed by atoms with E-state index < -0.39 is 6.10 Å². The molecule has 0 bridgehead atoms. The van der Waals surface area contributed by atoms with Gasteiger partial charge in [0.2, 0.25) is 0 Å². The lowest BCUT2D eigenvalue weighted by Crippen LogP contribution is -2.36. The molecular formula is C12H19Cl2NO. The summed E-state index contributed by atoms with van der Waals surface area (Å²) in [7, 11) is 0. The summed E-state index contributed by atoms with van der Waals surface area (Å²) < 4.78 is 0. The van der Waals surface area contributed by atoms with E-state index in [-0.39, 0.29) is 23.9 Å². The van der Waals surface area contributed by atoms with Crippen LogP contribution < -0.4 is 5.73 Å². The fourth-order valence-electron chi connectivity index (χ4n) is 1.41. The second kappa shape index (κ2) is 5.87. The molecule has 0 fully saturated rings. The minimum absolute atomic E-state index is 0. The Kier molecular flexibility index (Phi) is 5.77. The smallest absolute Gasteiger partial charge is 0.0780 e. The minimum atomic E-state index is -0.571. The molecule has 1 aromatic rings. The second-order valence-corrected chi connectivity index (χ2v) is 5.32. The Hall–Kier alpha value is -0.280. The van der Waals surface area contributed by atoms with Gasteiger partial charge in [-0.25, -0.2) is 0 Å². The molecule has 0 aliphatic rings. The van der Waals surface area contributed by atoms with Crippen LogP contribution in [0, 0.1) is 5.41 Å². The standard InChI is InChI=1S/C12H18ClNO.ClH/c1-12(2,3)11(15)10(14)8-4-6-9(13)7-5-8;/h4-7,10-11,15H,14H2,1-3H3;1H/t10-,11-;/m1./s1. The third-order valence-corrected chi connectivity index (χ3v) is 2.73. The molecule has 2 nitrogen and oxygen atoms in total. The summed E-state index contributed by atoms with van der Waals surface area (Å²) in [4.78, 5) is 0. The molecule has 4 heteroatoms. The predicted molar refractivity (Wildman–Crippen MR) is 71.1 cm³/mol. The summed E-state index contributed by atoms with van der Waals surface area (Å²) in [6.45, 7) is 5.90. The van der Waals surface area contributed by atoms with Crippen LogP contribution in [0.25, 0.3) is 0 Å². The van der Waals surface area contributed by atoms with Crippen LogP contribution in [0.5, 0.6) is 0 Å². The highest BCUT2D eigenvalue weighted by atomic mass is 35.5. The van der Waals surface area contributed by atoms with Crippen molar-refractivity contribution in [1.29, 1.82) is 0 Å². The molecule has 0 aliphatic carbocycles. The maximum absolute atomic E-state index is 10.0. The van der Waals surface area contributed by atoms with Gasteiger partial charge in [0.05, 0.1) is 12.1 Å². The number of aliphatic hydroxyl groups is 1. The first kappa shape index (κ1) is 15.7. The molecule has 0 aromatic heterocycles. The maximum atomic E-state index is 10.0. The number of hydrogen-bond acceptors (Lipinski definition) is 2. The molecule has 0 saturated carbocycles. The predicted octanol–water partition coefficient (Wildman–Crippen LogP) is 3.17. The highest BCUT2D eigenvalue weighted by Gasteiger charge is 2.28. The zero-order chi connectivity index (χ0) is 11.6. The van der Waals surface area contributed by atoms with E-state index >= 15 is 0 Å². The second-order valence-electron chi connectivity index (χ2n) is 4.89. The van der Waals surface area contributed by atoms with E-state index in [1.54, 1.807) is 12.1 Å². The first-order valence-corrected chi connectivity index (χ1v) is 5.39. The van der Waals surface area contributed by atoms with E-state index in [0.717, 1.165) is 5.56 Å². The van der Waals surface area contributed by atoms with Gasteiger partial charge >= 0.3 is 0 Å². The van der Waals surface area contributed by atoms with Gasteiger partial charge in [-0.15, -0.1) is 12.4 Å². The van der Waals surface area contributed by atoms with Gasteiger partial charge in [-0.2, -0.15) is 0 Å². The molecule has 0 radical (unpaired) electrons. The number of benzene rings is 1. The lowest BCUT2D eigenvalue weighted by molar-refractivity contribution is 0.0401. The average Bonchev–Trinajstić information content (AvgIpc) is 2.15. The third kappa shape index (κ3) is 3.95. The van der Waals surface area contributed by atoms with Crippen LogP contribution >= 0.6 is 24.0 Å². The molecule has 92 valence electrons. The summed E-state index contributed by atoms with van der Waals surface area (Å²) in [5.41, 5.74) is 6.66. The fraction of sp³-hybridized carbons (Fsp3) is 0.500. The van der Waals surface area contributed by atoms with E-state index in [0.29, 0.717) is 5.02 Å². The van der Waals surface area contributed by atoms with Crippen molar-refractivity contribution in [2.24, 2.45) is 11.1 Å². The van der Waals surface area contributed by atoms with Crippen LogP contribution in [0.4, 0.5) is 0 Å². The fourth-order valence-corrected chi connectivity index (χ4v) is 1.53. The molecule has 0 unspecified atom stereocenters. The van der Waals surface area contributed by atoms with Crippen LogP contribution in [0.1, 0.15) is 32.4 Å². The molecular weight excluding hydrogens is 245 g/mol. The van der Waals surface area contributed by atoms with Crippen molar-refractivity contribution in [1.82, 2.24) is 0 Å². The Morgan fingerprint density at radius 3 is 2.00 bits per heavy atom. The summed E-state index contributed by atoms with van der Waals surface area (Å²) >= 11 is 5.78. The van der Waals surface area contributed by atoms with Crippen LogP contribution in [-0.4, -0.2) is 11.2 Å². The van der Waals surface area contributed by atoms with Gasteiger partial charge in [0.1, 0.15) is 0 Å². The number of halogens is 2. The van der Waals surface area contributed by atoms with Crippen molar-refractivity contribution in [3.63, 3.8) is 0 Å². The Morgan fingerprint density at radius 1 is 1.19 bits per heavy atom. The van der Waals surface area contributed by atoms with E-state index in [9.17, 15) is 5.11 Å². The Balaban J connectivity index is 0.00000225. The molecule has 0 spiro atoms. The van der Waals surface area contributed by atoms with Gasteiger partial charge in [0.25, 0.3) is 0 Å². The highest BCUT2D eigenvalue weighted by Crippen LogP contribution is 2.28. The van der Waals surface area contributed by atoms with Crippen molar-refractivity contribution in [2.45, 2.75) is 32.9 Å². The van der Waals surface area contributed by atoms with Crippen LogP contribution in [0.15, 0.2) is 24.3 Å². The van der Waals surface area contributed by atoms with Gasteiger partial charge in [-0.05, 0) is 23.1 Å². The van der Waals surface area contributed by atoms with Crippen molar-refractivity contribution in [2.75, 3.05) is 0 Å². The Bertz CT molecular complexity index is 319. The van der Waals surface area contributed by atoms with E-state index in [1.165, 1.54) is 0 Å². The van der Waals surface area contributed by atoms with Gasteiger partial charge in [0, 0.05) is 5.02 Å². The van der Waals surface area contributed by atoms with Gasteiger partial charge in [-0.1, -0.05) is 44.5 Å². The largest absolute Gasteiger partial charge is 0.391 e. The molecule has 16 heavy (non-hydrogen) atoms. The maximum Gasteiger partial charge on any atom is 0.0780 e. The lowest BCUT2D eigenvalue weighted by Gasteiger charge is -2.31. The molecule has 3 N–H and O–H groups in total. The van der Waals surface area contributed by atoms with Gasteiger partial charge < -0.3 is 10.8 Å². The molecule has 0 heterocycles. The number of aliphatic hydroxyl groups excluding tert-OH is 1. The van der Waals surface area contributed by atoms with Crippen LogP contribution in [0.2, 0.25) is 5.02 Å². The van der Waals surface area contributed by atoms with Crippen molar-refractivity contribution >= 4 is 24.0 Å². The van der Waals surface area contributed by atoms with Crippen LogP contribution in [-0.2, 0) is 0 Å². The van der Waals surface area contributed by atoms with E-state index in [2.05, 4.69) is 0 Å². The summed E-state index contributed by atoms with van der Waals surface area (Å²) in [5.74, 6) is 0. The van der Waals surface area contributed by atoms with Crippen molar-refractivity contribution in [3.05, 3.63) is 34.9 Å². The summed E-state index contributed by atoms with van der Waals surface area (Å²) in [6.07, 6.45) is -0.571. The highest BCUT2D eigenvalue weighted by molar-refractivity contribution is 6.30. The minimum Gasteiger partial charge on any atom is -0.391 e. The lowest BCUT2D eigenvalue weighted by atomic mass is 9.82. The van der Waals surface area contributed by atoms with Gasteiger partial charge in [0.15, 0.2) is 0 Å². The zero-order valence-electron chi connectivity index (χ0n) is 9.77. The molecule has 0 amide bonds. The number of rotatable bonds is 2. The zero-order valence-corrected chi connectivity index (χ0v) is 11.3. The summed E-state index contributed by atoms with van der Waals surface area (Å²) in [6, 6.07) is 6.89.